The molecule has 0 fully saturated rings. The van der Waals surface area contributed by atoms with Crippen LogP contribution >= 0.6 is 0 Å². The molecule has 0 saturated heterocycles. The highest BCUT2D eigenvalue weighted by atomic mass is 16.3. The van der Waals surface area contributed by atoms with Gasteiger partial charge in [-0.2, -0.15) is 0 Å². The lowest BCUT2D eigenvalue weighted by molar-refractivity contribution is 0.396. The molecule has 0 bridgehead atoms. The van der Waals surface area contributed by atoms with Crippen LogP contribution in [0.4, 0.5) is 0 Å². The van der Waals surface area contributed by atoms with Gasteiger partial charge in [0.05, 0.1) is 0 Å². The number of hydrogen-bond acceptors (Lipinski definition) is 3. The van der Waals surface area contributed by atoms with Crippen molar-refractivity contribution in [1.29, 1.82) is 0 Å². The number of phenols is 2. The van der Waals surface area contributed by atoms with Gasteiger partial charge in [0.15, 0.2) is 11.5 Å². The molecule has 1 rings (SSSR count). The molecule has 1 aromatic rings. The lowest BCUT2D eigenvalue weighted by Gasteiger charge is -2.09. The molecular formula is C11H17NO2. The molecule has 0 radical (unpaired) electrons. The summed E-state index contributed by atoms with van der Waals surface area (Å²) in [6.45, 7) is 1.03. The Balaban J connectivity index is 2.47. The molecule has 78 valence electrons. The van der Waals surface area contributed by atoms with Crippen molar-refractivity contribution < 1.29 is 10.2 Å². The summed E-state index contributed by atoms with van der Waals surface area (Å²) in [5, 5.41) is 18.3. The van der Waals surface area contributed by atoms with Crippen molar-refractivity contribution in [2.24, 2.45) is 0 Å². The van der Waals surface area contributed by atoms with Crippen molar-refractivity contribution in [2.75, 3.05) is 20.6 Å². The molecule has 0 saturated carbocycles. The maximum Gasteiger partial charge on any atom is 0.157 e. The maximum atomic E-state index is 9.25. The third-order valence-electron chi connectivity index (χ3n) is 2.11. The Bertz CT molecular complexity index is 297. The molecule has 0 aliphatic carbocycles. The highest BCUT2D eigenvalue weighted by Crippen LogP contribution is 2.25. The highest BCUT2D eigenvalue weighted by molar-refractivity contribution is 5.40. The van der Waals surface area contributed by atoms with Crippen LogP contribution in [0.2, 0.25) is 0 Å². The van der Waals surface area contributed by atoms with Crippen LogP contribution in [-0.2, 0) is 6.42 Å². The summed E-state index contributed by atoms with van der Waals surface area (Å²) >= 11 is 0. The smallest absolute Gasteiger partial charge is 0.157 e. The van der Waals surface area contributed by atoms with Gasteiger partial charge in [-0.25, -0.2) is 0 Å². The fraction of sp³-hybridized carbons (Fsp3) is 0.455. The molecule has 0 atom stereocenters. The minimum Gasteiger partial charge on any atom is -0.504 e. The largest absolute Gasteiger partial charge is 0.504 e. The second-order valence-electron chi connectivity index (χ2n) is 3.73. The first-order valence-corrected chi connectivity index (χ1v) is 4.75. The topological polar surface area (TPSA) is 43.7 Å². The van der Waals surface area contributed by atoms with E-state index in [4.69, 9.17) is 5.11 Å². The third-order valence-corrected chi connectivity index (χ3v) is 2.11. The molecule has 0 heterocycles. The predicted molar refractivity (Wildman–Crippen MR) is 56.6 cm³/mol. The van der Waals surface area contributed by atoms with Crippen LogP contribution in [0.15, 0.2) is 18.2 Å². The van der Waals surface area contributed by atoms with E-state index in [2.05, 4.69) is 4.90 Å². The molecule has 0 unspecified atom stereocenters. The van der Waals surface area contributed by atoms with Gasteiger partial charge in [-0.05, 0) is 51.2 Å². The fourth-order valence-corrected chi connectivity index (χ4v) is 1.32. The minimum absolute atomic E-state index is 0.0349. The van der Waals surface area contributed by atoms with Gasteiger partial charge in [0.25, 0.3) is 0 Å². The number of hydrogen-bond donors (Lipinski definition) is 2. The summed E-state index contributed by atoms with van der Waals surface area (Å²) in [7, 11) is 4.07. The Morgan fingerprint density at radius 1 is 1.14 bits per heavy atom. The Morgan fingerprint density at radius 2 is 1.86 bits per heavy atom. The van der Waals surface area contributed by atoms with Crippen LogP contribution in [0.1, 0.15) is 12.0 Å². The Labute approximate surface area is 84.6 Å². The summed E-state index contributed by atoms with van der Waals surface area (Å²) in [5.74, 6) is -0.0892. The average molecular weight is 195 g/mol. The quantitative estimate of drug-likeness (QED) is 0.717. The molecule has 3 nitrogen and oxygen atoms in total. The maximum absolute atomic E-state index is 9.25. The molecule has 0 amide bonds. The number of phenolic OH excluding ortho intramolecular Hbond substituents is 2. The molecule has 0 aliphatic rings. The van der Waals surface area contributed by atoms with Crippen molar-refractivity contribution in [3.05, 3.63) is 23.8 Å². The normalized spacial score (nSPS) is 10.8. The molecular weight excluding hydrogens is 178 g/mol. The number of rotatable bonds is 4. The van der Waals surface area contributed by atoms with E-state index in [9.17, 15) is 5.11 Å². The lowest BCUT2D eigenvalue weighted by atomic mass is 10.1. The van der Waals surface area contributed by atoms with E-state index in [-0.39, 0.29) is 11.5 Å². The first-order chi connectivity index (χ1) is 6.59. The van der Waals surface area contributed by atoms with E-state index in [1.54, 1.807) is 6.07 Å². The second kappa shape index (κ2) is 4.86. The van der Waals surface area contributed by atoms with Gasteiger partial charge in [-0.3, -0.25) is 0 Å². The number of nitrogens with zero attached hydrogens (tertiary/aromatic N) is 1. The Morgan fingerprint density at radius 3 is 2.43 bits per heavy atom. The molecule has 0 aromatic heterocycles. The fourth-order valence-electron chi connectivity index (χ4n) is 1.32. The zero-order valence-corrected chi connectivity index (χ0v) is 8.70. The average Bonchev–Trinajstić information content (AvgIpc) is 2.10. The molecule has 1 aromatic carbocycles. The van der Waals surface area contributed by atoms with Crippen LogP contribution in [0, 0.1) is 0 Å². The van der Waals surface area contributed by atoms with Crippen LogP contribution in [-0.4, -0.2) is 35.8 Å². The predicted octanol–water partition coefficient (Wildman–Crippen LogP) is 1.59. The van der Waals surface area contributed by atoms with E-state index >= 15 is 0 Å². The number of aryl methyl sites for hydroxylation is 1. The summed E-state index contributed by atoms with van der Waals surface area (Å²) in [4.78, 5) is 2.13. The van der Waals surface area contributed by atoms with E-state index < -0.39 is 0 Å². The van der Waals surface area contributed by atoms with E-state index in [1.165, 1.54) is 6.07 Å². The minimum atomic E-state index is -0.0543. The Hall–Kier alpha value is -1.22. The van der Waals surface area contributed by atoms with Gasteiger partial charge in [-0.15, -0.1) is 0 Å². The summed E-state index contributed by atoms with van der Waals surface area (Å²) in [5.41, 5.74) is 1.06. The van der Waals surface area contributed by atoms with Gasteiger partial charge >= 0.3 is 0 Å². The number of aromatic hydroxyl groups is 2. The molecule has 14 heavy (non-hydrogen) atoms. The van der Waals surface area contributed by atoms with Crippen LogP contribution in [0.5, 0.6) is 11.5 Å². The van der Waals surface area contributed by atoms with Gasteiger partial charge in [0, 0.05) is 0 Å². The zero-order valence-electron chi connectivity index (χ0n) is 8.70. The van der Waals surface area contributed by atoms with E-state index in [0.29, 0.717) is 0 Å². The van der Waals surface area contributed by atoms with Gasteiger partial charge < -0.3 is 15.1 Å². The van der Waals surface area contributed by atoms with Crippen molar-refractivity contribution in [3.8, 4) is 11.5 Å². The number of benzene rings is 1. The van der Waals surface area contributed by atoms with Crippen molar-refractivity contribution in [1.82, 2.24) is 4.90 Å². The van der Waals surface area contributed by atoms with Crippen molar-refractivity contribution in [3.63, 3.8) is 0 Å². The standard InChI is InChI=1S/C11H17NO2/c1-12(2)7-3-4-9-5-6-10(13)11(14)8-9/h5-6,8,13-14H,3-4,7H2,1-2H3. The van der Waals surface area contributed by atoms with Crippen LogP contribution in [0.25, 0.3) is 0 Å². The third kappa shape index (κ3) is 3.26. The summed E-state index contributed by atoms with van der Waals surface area (Å²) < 4.78 is 0. The van der Waals surface area contributed by atoms with Crippen molar-refractivity contribution in [2.45, 2.75) is 12.8 Å². The molecule has 3 heteroatoms. The first-order valence-electron chi connectivity index (χ1n) is 4.75. The Kier molecular flexibility index (Phi) is 3.77. The van der Waals surface area contributed by atoms with Crippen LogP contribution in [0.3, 0.4) is 0 Å². The zero-order chi connectivity index (χ0) is 10.6. The summed E-state index contributed by atoms with van der Waals surface area (Å²) in [6.07, 6.45) is 1.98. The molecule has 2 N–H and O–H groups in total. The van der Waals surface area contributed by atoms with E-state index in [1.807, 2.05) is 20.2 Å². The first kappa shape index (κ1) is 10.9. The monoisotopic (exact) mass is 195 g/mol. The van der Waals surface area contributed by atoms with E-state index in [0.717, 1.165) is 24.9 Å². The van der Waals surface area contributed by atoms with Crippen molar-refractivity contribution >= 4 is 0 Å². The second-order valence-corrected chi connectivity index (χ2v) is 3.73. The van der Waals surface area contributed by atoms with Gasteiger partial charge in [0.2, 0.25) is 0 Å². The summed E-state index contributed by atoms with van der Waals surface area (Å²) in [6, 6.07) is 4.98. The molecule has 0 spiro atoms. The SMILES string of the molecule is CN(C)CCCc1ccc(O)c(O)c1. The van der Waals surface area contributed by atoms with Crippen LogP contribution < -0.4 is 0 Å². The van der Waals surface area contributed by atoms with Gasteiger partial charge in [0.1, 0.15) is 0 Å². The van der Waals surface area contributed by atoms with Gasteiger partial charge in [-0.1, -0.05) is 6.07 Å². The lowest BCUT2D eigenvalue weighted by Crippen LogP contribution is -2.13. The molecule has 0 aliphatic heterocycles. The highest BCUT2D eigenvalue weighted by Gasteiger charge is 2.00.